The lowest BCUT2D eigenvalue weighted by molar-refractivity contribution is -0.143. The number of anilines is 1. The van der Waals surface area contributed by atoms with Gasteiger partial charge in [-0.25, -0.2) is 0 Å². The first kappa shape index (κ1) is 20.8. The molecular formula is C25H27N3O4. The van der Waals surface area contributed by atoms with Crippen LogP contribution in [-0.2, 0) is 31.1 Å². The van der Waals surface area contributed by atoms with Crippen LogP contribution >= 0.6 is 0 Å². The fourth-order valence-electron chi connectivity index (χ4n) is 5.76. The van der Waals surface area contributed by atoms with Crippen molar-refractivity contribution < 1.29 is 19.1 Å². The van der Waals surface area contributed by atoms with Gasteiger partial charge in [-0.05, 0) is 31.4 Å². The van der Waals surface area contributed by atoms with E-state index in [9.17, 15) is 14.4 Å². The van der Waals surface area contributed by atoms with Crippen molar-refractivity contribution in [1.82, 2.24) is 10.2 Å². The first-order valence-electron chi connectivity index (χ1n) is 11.0. The smallest absolute Gasteiger partial charge is 0.250 e. The lowest BCUT2D eigenvalue weighted by Crippen LogP contribution is -2.53. The van der Waals surface area contributed by atoms with E-state index in [1.54, 1.807) is 7.11 Å². The summed E-state index contributed by atoms with van der Waals surface area (Å²) >= 11 is 0. The molecule has 2 N–H and O–H groups in total. The first-order chi connectivity index (χ1) is 15.4. The Morgan fingerprint density at radius 1 is 1.06 bits per heavy atom. The van der Waals surface area contributed by atoms with Gasteiger partial charge in [-0.1, -0.05) is 48.0 Å². The maximum Gasteiger partial charge on any atom is 0.250 e. The number of ether oxygens (including phenoxy) is 1. The molecule has 0 bridgehead atoms. The molecule has 0 radical (unpaired) electrons. The van der Waals surface area contributed by atoms with Crippen LogP contribution in [0.15, 0.2) is 42.5 Å². The average Bonchev–Trinajstić information content (AvgIpc) is 3.33. The Bertz CT molecular complexity index is 1120. The Balaban J connectivity index is 1.64. The number of rotatable bonds is 5. The number of hydrogen-bond acceptors (Lipinski definition) is 5. The van der Waals surface area contributed by atoms with Crippen molar-refractivity contribution in [2.24, 2.45) is 11.8 Å². The summed E-state index contributed by atoms with van der Waals surface area (Å²) in [6.45, 7) is 4.38. The third-order valence-electron chi connectivity index (χ3n) is 7.07. The molecule has 166 valence electrons. The molecule has 7 nitrogen and oxygen atoms in total. The summed E-state index contributed by atoms with van der Waals surface area (Å²) in [6.07, 6.45) is 0.550. The van der Waals surface area contributed by atoms with Gasteiger partial charge in [-0.3, -0.25) is 24.6 Å². The molecule has 3 heterocycles. The zero-order valence-electron chi connectivity index (χ0n) is 18.5. The van der Waals surface area contributed by atoms with Crippen LogP contribution in [0.2, 0.25) is 0 Å². The second-order valence-electron chi connectivity index (χ2n) is 9.03. The van der Waals surface area contributed by atoms with Crippen LogP contribution in [-0.4, -0.2) is 48.9 Å². The van der Waals surface area contributed by atoms with Gasteiger partial charge in [0.15, 0.2) is 0 Å². The minimum absolute atomic E-state index is 0.191. The van der Waals surface area contributed by atoms with Gasteiger partial charge in [-0.2, -0.15) is 0 Å². The van der Waals surface area contributed by atoms with E-state index in [4.69, 9.17) is 4.74 Å². The van der Waals surface area contributed by atoms with Gasteiger partial charge in [0, 0.05) is 24.4 Å². The molecule has 7 heteroatoms. The van der Waals surface area contributed by atoms with Gasteiger partial charge < -0.3 is 10.1 Å². The van der Waals surface area contributed by atoms with Crippen LogP contribution in [0.3, 0.4) is 0 Å². The van der Waals surface area contributed by atoms with Crippen molar-refractivity contribution in [3.05, 3.63) is 64.7 Å². The fraction of sp³-hybridized carbons (Fsp3) is 0.400. The Morgan fingerprint density at radius 3 is 2.53 bits per heavy atom. The number of carbonyl (C=O) groups excluding carboxylic acids is 3. The molecule has 3 aliphatic heterocycles. The minimum Gasteiger partial charge on any atom is -0.383 e. The van der Waals surface area contributed by atoms with Crippen LogP contribution < -0.4 is 10.6 Å². The highest BCUT2D eigenvalue weighted by Crippen LogP contribution is 2.54. The van der Waals surface area contributed by atoms with E-state index in [-0.39, 0.29) is 36.9 Å². The highest BCUT2D eigenvalue weighted by Gasteiger charge is 2.70. The number of methoxy groups -OCH3 is 1. The highest BCUT2D eigenvalue weighted by atomic mass is 16.5. The minimum atomic E-state index is -1.26. The van der Waals surface area contributed by atoms with E-state index in [0.717, 1.165) is 27.9 Å². The molecule has 2 saturated heterocycles. The first-order valence-corrected chi connectivity index (χ1v) is 11.0. The number of fused-ring (bicyclic) bond motifs is 4. The lowest BCUT2D eigenvalue weighted by atomic mass is 9.75. The molecule has 2 aromatic rings. The maximum absolute atomic E-state index is 13.6. The van der Waals surface area contributed by atoms with Crippen LogP contribution in [0.4, 0.5) is 5.69 Å². The van der Waals surface area contributed by atoms with E-state index in [2.05, 4.69) is 10.6 Å². The van der Waals surface area contributed by atoms with Crippen LogP contribution in [0.1, 0.15) is 22.3 Å². The van der Waals surface area contributed by atoms with Gasteiger partial charge in [0.25, 0.3) is 0 Å². The summed E-state index contributed by atoms with van der Waals surface area (Å²) in [5.74, 6) is -2.20. The number of amides is 3. The monoisotopic (exact) mass is 433 g/mol. The van der Waals surface area contributed by atoms with Crippen molar-refractivity contribution in [2.45, 2.75) is 31.8 Å². The average molecular weight is 434 g/mol. The second kappa shape index (κ2) is 7.53. The molecular weight excluding hydrogens is 406 g/mol. The van der Waals surface area contributed by atoms with E-state index >= 15 is 0 Å². The Labute approximate surface area is 187 Å². The van der Waals surface area contributed by atoms with E-state index < -0.39 is 17.4 Å². The van der Waals surface area contributed by atoms with Gasteiger partial charge in [0.05, 0.1) is 25.0 Å². The number of benzene rings is 2. The molecule has 32 heavy (non-hydrogen) atoms. The molecule has 2 fully saturated rings. The fourth-order valence-corrected chi connectivity index (χ4v) is 5.76. The Morgan fingerprint density at radius 2 is 1.81 bits per heavy atom. The standard InChI is InChI=1S/C25H27N3O4/c1-14-11-15(2)21-17(12-14)25(24(31)26-21)20-19(22(29)28(23(20)30)9-10-32-3)18(27-25)13-16-7-5-4-6-8-16/h4-8,11-12,18-20,27H,9-10,13H2,1-3H3,(H,26,31)/t18-,19-,20+,25+/m1/s1. The van der Waals surface area contributed by atoms with Crippen molar-refractivity contribution in [2.75, 3.05) is 25.6 Å². The Hall–Kier alpha value is -3.03. The van der Waals surface area contributed by atoms with Crippen LogP contribution in [0, 0.1) is 25.7 Å². The van der Waals surface area contributed by atoms with E-state index in [0.29, 0.717) is 6.42 Å². The number of hydrogen-bond donors (Lipinski definition) is 2. The van der Waals surface area contributed by atoms with Crippen LogP contribution in [0.25, 0.3) is 0 Å². The van der Waals surface area contributed by atoms with Gasteiger partial charge >= 0.3 is 0 Å². The van der Waals surface area contributed by atoms with Gasteiger partial charge in [0.2, 0.25) is 17.7 Å². The maximum atomic E-state index is 13.6. The van der Waals surface area contributed by atoms with Gasteiger partial charge in [0.1, 0.15) is 5.54 Å². The molecule has 3 amide bonds. The summed E-state index contributed by atoms with van der Waals surface area (Å²) in [7, 11) is 1.54. The quantitative estimate of drug-likeness (QED) is 0.704. The van der Waals surface area contributed by atoms with E-state index in [1.807, 2.05) is 56.3 Å². The summed E-state index contributed by atoms with van der Waals surface area (Å²) in [6, 6.07) is 13.5. The third-order valence-corrected chi connectivity index (χ3v) is 7.07. The largest absolute Gasteiger partial charge is 0.383 e. The lowest BCUT2D eigenvalue weighted by Gasteiger charge is -2.30. The third kappa shape index (κ3) is 2.84. The van der Waals surface area contributed by atoms with Crippen molar-refractivity contribution in [3.8, 4) is 0 Å². The number of aryl methyl sites for hydroxylation is 2. The Kier molecular flexibility index (Phi) is 4.91. The SMILES string of the molecule is COCCN1C(=O)[C@H]2[C@@H](C1=O)[C@]1(N[C@@H]2Cc2ccccc2)C(=O)Nc2c(C)cc(C)cc21. The predicted octanol–water partition coefficient (Wildman–Crippen LogP) is 1.91. The molecule has 0 unspecified atom stereocenters. The molecule has 0 aliphatic carbocycles. The highest BCUT2D eigenvalue weighted by molar-refractivity contribution is 6.15. The zero-order chi connectivity index (χ0) is 22.6. The van der Waals surface area contributed by atoms with Gasteiger partial charge in [-0.15, -0.1) is 0 Å². The van der Waals surface area contributed by atoms with Crippen molar-refractivity contribution in [1.29, 1.82) is 0 Å². The van der Waals surface area contributed by atoms with Crippen molar-refractivity contribution in [3.63, 3.8) is 0 Å². The summed E-state index contributed by atoms with van der Waals surface area (Å²) in [4.78, 5) is 41.9. The number of likely N-dealkylation sites (tertiary alicyclic amines) is 1. The number of nitrogens with zero attached hydrogens (tertiary/aromatic N) is 1. The number of nitrogens with one attached hydrogen (secondary N) is 2. The molecule has 1 spiro atoms. The molecule has 4 atom stereocenters. The molecule has 0 aromatic heterocycles. The summed E-state index contributed by atoms with van der Waals surface area (Å²) < 4.78 is 5.13. The summed E-state index contributed by atoms with van der Waals surface area (Å²) in [5, 5.41) is 6.51. The summed E-state index contributed by atoms with van der Waals surface area (Å²) in [5.41, 5.74) is 3.25. The van der Waals surface area contributed by atoms with E-state index in [1.165, 1.54) is 4.90 Å². The predicted molar refractivity (Wildman–Crippen MR) is 119 cm³/mol. The number of carbonyl (C=O) groups is 3. The zero-order valence-corrected chi connectivity index (χ0v) is 18.5. The normalized spacial score (nSPS) is 28.4. The van der Waals surface area contributed by atoms with Crippen LogP contribution in [0.5, 0.6) is 0 Å². The van der Waals surface area contributed by atoms with Crippen molar-refractivity contribution >= 4 is 23.4 Å². The number of imide groups is 1. The molecule has 5 rings (SSSR count). The molecule has 2 aromatic carbocycles. The second-order valence-corrected chi connectivity index (χ2v) is 9.03. The molecule has 3 aliphatic rings. The molecule has 0 saturated carbocycles. The topological polar surface area (TPSA) is 87.7 Å².